The molecule has 90 valence electrons. The van der Waals surface area contributed by atoms with Gasteiger partial charge in [0.05, 0.1) is 0 Å². The maximum Gasteiger partial charge on any atom is 0.324 e. The van der Waals surface area contributed by atoms with Gasteiger partial charge in [-0.05, 0) is 25.8 Å². The smallest absolute Gasteiger partial charge is 0.323 e. The molecule has 3 unspecified atom stereocenters. The first-order chi connectivity index (χ1) is 7.15. The SMILES string of the molecule is CN1C(=O)NC2(CCNC3CCC32)C1=O.Cl. The zero-order chi connectivity index (χ0) is 10.6. The molecular weight excluding hydrogens is 230 g/mol. The van der Waals surface area contributed by atoms with Gasteiger partial charge in [-0.1, -0.05) is 0 Å². The highest BCUT2D eigenvalue weighted by atomic mass is 35.5. The molecule has 0 aromatic rings. The minimum Gasteiger partial charge on any atom is -0.323 e. The molecule has 16 heavy (non-hydrogen) atoms. The molecule has 0 aromatic heterocycles. The molecule has 3 aliphatic rings. The Balaban J connectivity index is 0.000000963. The molecule has 1 aliphatic carbocycles. The van der Waals surface area contributed by atoms with E-state index in [2.05, 4.69) is 10.6 Å². The molecular formula is C10H16ClN3O2. The van der Waals surface area contributed by atoms with Gasteiger partial charge in [-0.15, -0.1) is 12.4 Å². The quantitative estimate of drug-likeness (QED) is 0.595. The van der Waals surface area contributed by atoms with Crippen LogP contribution in [-0.4, -0.2) is 42.0 Å². The van der Waals surface area contributed by atoms with E-state index in [1.165, 1.54) is 4.90 Å². The summed E-state index contributed by atoms with van der Waals surface area (Å²) in [6.45, 7) is 0.820. The number of carbonyl (C=O) groups excluding carboxylic acids is 2. The van der Waals surface area contributed by atoms with Crippen LogP contribution in [0.2, 0.25) is 0 Å². The Labute approximate surface area is 100 Å². The molecule has 0 radical (unpaired) electrons. The molecule has 1 spiro atoms. The zero-order valence-electron chi connectivity index (χ0n) is 9.16. The van der Waals surface area contributed by atoms with Crippen LogP contribution in [-0.2, 0) is 4.79 Å². The van der Waals surface area contributed by atoms with Gasteiger partial charge in [-0.3, -0.25) is 9.69 Å². The van der Waals surface area contributed by atoms with Crippen molar-refractivity contribution in [3.63, 3.8) is 0 Å². The number of amides is 3. The van der Waals surface area contributed by atoms with Gasteiger partial charge in [0.2, 0.25) is 0 Å². The number of nitrogens with one attached hydrogen (secondary N) is 2. The second-order valence-electron chi connectivity index (χ2n) is 4.76. The van der Waals surface area contributed by atoms with E-state index in [4.69, 9.17) is 0 Å². The predicted molar refractivity (Wildman–Crippen MR) is 60.4 cm³/mol. The van der Waals surface area contributed by atoms with Crippen LogP contribution < -0.4 is 10.6 Å². The van der Waals surface area contributed by atoms with E-state index in [9.17, 15) is 9.59 Å². The predicted octanol–water partition coefficient (Wildman–Crippen LogP) is 0.100. The average molecular weight is 246 g/mol. The van der Waals surface area contributed by atoms with E-state index in [1.807, 2.05) is 0 Å². The second kappa shape index (κ2) is 3.60. The fourth-order valence-corrected chi connectivity index (χ4v) is 3.11. The van der Waals surface area contributed by atoms with Crippen molar-refractivity contribution in [1.29, 1.82) is 0 Å². The molecule has 0 aromatic carbocycles. The lowest BCUT2D eigenvalue weighted by Crippen LogP contribution is -2.68. The summed E-state index contributed by atoms with van der Waals surface area (Å²) in [5.74, 6) is 0.261. The Hall–Kier alpha value is -0.810. The zero-order valence-corrected chi connectivity index (χ0v) is 9.97. The van der Waals surface area contributed by atoms with Crippen LogP contribution in [0.5, 0.6) is 0 Å². The van der Waals surface area contributed by atoms with Crippen molar-refractivity contribution in [2.75, 3.05) is 13.6 Å². The van der Waals surface area contributed by atoms with Gasteiger partial charge >= 0.3 is 6.03 Å². The lowest BCUT2D eigenvalue weighted by Gasteiger charge is -2.50. The van der Waals surface area contributed by atoms with Crippen molar-refractivity contribution in [1.82, 2.24) is 15.5 Å². The van der Waals surface area contributed by atoms with Crippen LogP contribution >= 0.6 is 12.4 Å². The van der Waals surface area contributed by atoms with E-state index >= 15 is 0 Å². The largest absolute Gasteiger partial charge is 0.324 e. The van der Waals surface area contributed by atoms with Crippen LogP contribution in [0.25, 0.3) is 0 Å². The Kier molecular flexibility index (Phi) is 2.62. The van der Waals surface area contributed by atoms with Crippen molar-refractivity contribution in [3.8, 4) is 0 Å². The third-order valence-corrected chi connectivity index (χ3v) is 4.15. The fourth-order valence-electron chi connectivity index (χ4n) is 3.11. The summed E-state index contributed by atoms with van der Waals surface area (Å²) in [6.07, 6.45) is 2.89. The fraction of sp³-hybridized carbons (Fsp3) is 0.800. The van der Waals surface area contributed by atoms with Gasteiger partial charge in [0.15, 0.2) is 0 Å². The first kappa shape index (κ1) is 11.7. The van der Waals surface area contributed by atoms with Gasteiger partial charge < -0.3 is 10.6 Å². The third-order valence-electron chi connectivity index (χ3n) is 4.15. The van der Waals surface area contributed by atoms with Gasteiger partial charge in [-0.2, -0.15) is 0 Å². The van der Waals surface area contributed by atoms with Gasteiger partial charge in [0.1, 0.15) is 5.54 Å². The number of rotatable bonds is 0. The number of urea groups is 1. The summed E-state index contributed by atoms with van der Waals surface area (Å²) in [7, 11) is 1.56. The summed E-state index contributed by atoms with van der Waals surface area (Å²) in [6, 6.07) is 0.182. The normalized spacial score (nSPS) is 41.2. The molecule has 3 amide bonds. The maximum atomic E-state index is 12.1. The standard InChI is InChI=1S/C10H15N3O2.ClH/c1-13-8(14)10(12-9(13)15)4-5-11-7-3-2-6(7)10;/h6-7,11H,2-5H2,1H3,(H,12,15);1H. The summed E-state index contributed by atoms with van der Waals surface area (Å²) in [5, 5.41) is 6.30. The molecule has 3 atom stereocenters. The maximum absolute atomic E-state index is 12.1. The van der Waals surface area contributed by atoms with Crippen molar-refractivity contribution in [2.45, 2.75) is 30.8 Å². The number of hydrogen-bond acceptors (Lipinski definition) is 3. The minimum absolute atomic E-state index is 0. The van der Waals surface area contributed by atoms with Gasteiger partial charge in [-0.25, -0.2) is 4.79 Å². The number of fused-ring (bicyclic) bond motifs is 2. The molecule has 6 heteroatoms. The Morgan fingerprint density at radius 3 is 2.62 bits per heavy atom. The monoisotopic (exact) mass is 245 g/mol. The first-order valence-electron chi connectivity index (χ1n) is 5.49. The average Bonchev–Trinajstić information content (AvgIpc) is 2.36. The van der Waals surface area contributed by atoms with Crippen LogP contribution in [0.15, 0.2) is 0 Å². The molecule has 3 rings (SSSR count). The molecule has 5 nitrogen and oxygen atoms in total. The van der Waals surface area contributed by atoms with E-state index in [0.29, 0.717) is 12.0 Å². The number of likely N-dealkylation sites (N-methyl/N-ethyl adjacent to an activating group) is 1. The van der Waals surface area contributed by atoms with Crippen molar-refractivity contribution >= 4 is 24.3 Å². The van der Waals surface area contributed by atoms with E-state index in [1.54, 1.807) is 7.05 Å². The van der Waals surface area contributed by atoms with Crippen molar-refractivity contribution < 1.29 is 9.59 Å². The number of halogens is 1. The lowest BCUT2D eigenvalue weighted by atomic mass is 9.63. The van der Waals surface area contributed by atoms with Gasteiger partial charge in [0, 0.05) is 19.0 Å². The highest BCUT2D eigenvalue weighted by Gasteiger charge is 2.60. The molecule has 0 bridgehead atoms. The number of hydrogen-bond donors (Lipinski definition) is 2. The minimum atomic E-state index is -0.583. The van der Waals surface area contributed by atoms with E-state index in [0.717, 1.165) is 25.8 Å². The summed E-state index contributed by atoms with van der Waals surface area (Å²) in [4.78, 5) is 24.8. The summed E-state index contributed by atoms with van der Waals surface area (Å²) in [5.41, 5.74) is -0.583. The number of carbonyl (C=O) groups is 2. The molecule has 2 aliphatic heterocycles. The molecule has 1 saturated carbocycles. The Bertz CT molecular complexity index is 349. The Morgan fingerprint density at radius 2 is 2.12 bits per heavy atom. The third kappa shape index (κ3) is 1.21. The molecule has 2 N–H and O–H groups in total. The lowest BCUT2D eigenvalue weighted by molar-refractivity contribution is -0.136. The molecule has 3 fully saturated rings. The Morgan fingerprint density at radius 1 is 1.38 bits per heavy atom. The second-order valence-corrected chi connectivity index (χ2v) is 4.76. The highest BCUT2D eigenvalue weighted by molar-refractivity contribution is 6.07. The van der Waals surface area contributed by atoms with E-state index in [-0.39, 0.29) is 24.3 Å². The van der Waals surface area contributed by atoms with Crippen LogP contribution in [0.4, 0.5) is 4.79 Å². The van der Waals surface area contributed by atoms with E-state index < -0.39 is 5.54 Å². The van der Waals surface area contributed by atoms with Crippen molar-refractivity contribution in [3.05, 3.63) is 0 Å². The van der Waals surface area contributed by atoms with Crippen LogP contribution in [0.3, 0.4) is 0 Å². The summed E-state index contributed by atoms with van der Waals surface area (Å²) >= 11 is 0. The topological polar surface area (TPSA) is 61.4 Å². The van der Waals surface area contributed by atoms with Crippen LogP contribution in [0.1, 0.15) is 19.3 Å². The molecule has 2 saturated heterocycles. The first-order valence-corrected chi connectivity index (χ1v) is 5.49. The summed E-state index contributed by atoms with van der Waals surface area (Å²) < 4.78 is 0. The number of piperidine rings is 1. The number of imide groups is 1. The van der Waals surface area contributed by atoms with Gasteiger partial charge in [0.25, 0.3) is 5.91 Å². The highest BCUT2D eigenvalue weighted by Crippen LogP contribution is 2.43. The van der Waals surface area contributed by atoms with Crippen molar-refractivity contribution in [2.24, 2.45) is 5.92 Å². The molecule has 2 heterocycles. The number of nitrogens with zero attached hydrogens (tertiary/aromatic N) is 1. The van der Waals surface area contributed by atoms with Crippen LogP contribution in [0, 0.1) is 5.92 Å².